The van der Waals surface area contributed by atoms with Crippen LogP contribution in [0, 0.1) is 6.92 Å². The largest absolute Gasteiger partial charge is 0.368 e. The van der Waals surface area contributed by atoms with Gasteiger partial charge in [-0.2, -0.15) is 14.5 Å². The van der Waals surface area contributed by atoms with Gasteiger partial charge in [0.25, 0.3) is 0 Å². The number of aryl methyl sites for hydroxylation is 2. The maximum Gasteiger partial charge on any atom is 0.368 e. The summed E-state index contributed by atoms with van der Waals surface area (Å²) in [4.78, 5) is 12.3. The van der Waals surface area contributed by atoms with Crippen LogP contribution in [-0.2, 0) is 12.8 Å². The Labute approximate surface area is 170 Å². The number of rotatable bonds is 5. The molecule has 0 amide bonds. The number of hydrogen-bond acceptors (Lipinski definition) is 5. The maximum atomic E-state index is 12.3. The SMILES string of the molecule is Cc1cccc(-n2nnn(C)c2=O)c1CSc1ccn(-c2ccc(Cl)cc2)n1. The van der Waals surface area contributed by atoms with Crippen molar-refractivity contribution in [2.24, 2.45) is 7.05 Å². The molecule has 0 unspecified atom stereocenters. The summed E-state index contributed by atoms with van der Waals surface area (Å²) in [6, 6.07) is 15.3. The molecule has 0 bridgehead atoms. The molecule has 0 fully saturated rings. The molecule has 0 N–H and O–H groups in total. The number of halogens is 1. The Morgan fingerprint density at radius 1 is 1.07 bits per heavy atom. The van der Waals surface area contributed by atoms with Gasteiger partial charge in [0.1, 0.15) is 5.03 Å². The van der Waals surface area contributed by atoms with Crippen LogP contribution in [0.2, 0.25) is 5.02 Å². The fourth-order valence-electron chi connectivity index (χ4n) is 2.81. The van der Waals surface area contributed by atoms with Crippen LogP contribution in [0.5, 0.6) is 0 Å². The van der Waals surface area contributed by atoms with Gasteiger partial charge in [0.15, 0.2) is 0 Å². The number of hydrogen-bond donors (Lipinski definition) is 0. The fraction of sp³-hybridized carbons (Fsp3) is 0.158. The highest BCUT2D eigenvalue weighted by Gasteiger charge is 2.14. The van der Waals surface area contributed by atoms with Crippen LogP contribution in [-0.4, -0.2) is 29.6 Å². The predicted molar refractivity (Wildman–Crippen MR) is 109 cm³/mol. The van der Waals surface area contributed by atoms with Crippen molar-refractivity contribution in [3.05, 3.63) is 81.4 Å². The smallest absolute Gasteiger partial charge is 0.244 e. The molecular formula is C19H17ClN6OS. The standard InChI is InChI=1S/C19H17ClN6OS/c1-13-4-3-5-17(26-19(27)24(2)22-23-26)16(13)12-28-18-10-11-25(21-18)15-8-6-14(20)7-9-15/h3-11H,12H2,1-2H3. The van der Waals surface area contributed by atoms with Crippen molar-refractivity contribution in [3.63, 3.8) is 0 Å². The van der Waals surface area contributed by atoms with Crippen LogP contribution in [0.25, 0.3) is 11.4 Å². The average Bonchev–Trinajstić information content (AvgIpc) is 3.29. The molecule has 142 valence electrons. The van der Waals surface area contributed by atoms with E-state index in [1.165, 1.54) is 9.36 Å². The van der Waals surface area contributed by atoms with Crippen molar-refractivity contribution in [3.8, 4) is 11.4 Å². The Bertz CT molecular complexity index is 1180. The molecule has 0 atom stereocenters. The Morgan fingerprint density at radius 2 is 1.86 bits per heavy atom. The second-order valence-electron chi connectivity index (χ2n) is 6.23. The molecule has 0 aliphatic heterocycles. The average molecular weight is 413 g/mol. The van der Waals surface area contributed by atoms with E-state index >= 15 is 0 Å². The summed E-state index contributed by atoms with van der Waals surface area (Å²) in [5.41, 5.74) is 3.52. The zero-order valence-corrected chi connectivity index (χ0v) is 16.9. The lowest BCUT2D eigenvalue weighted by Gasteiger charge is -2.10. The zero-order valence-electron chi connectivity index (χ0n) is 15.3. The van der Waals surface area contributed by atoms with E-state index in [0.29, 0.717) is 10.8 Å². The van der Waals surface area contributed by atoms with E-state index in [-0.39, 0.29) is 5.69 Å². The lowest BCUT2D eigenvalue weighted by atomic mass is 10.1. The molecule has 0 spiro atoms. The summed E-state index contributed by atoms with van der Waals surface area (Å²) in [5.74, 6) is 0.655. The third-order valence-electron chi connectivity index (χ3n) is 4.36. The first-order valence-electron chi connectivity index (χ1n) is 8.55. The second kappa shape index (κ2) is 7.65. The number of tetrazole rings is 1. The van der Waals surface area contributed by atoms with Crippen molar-refractivity contribution in [1.82, 2.24) is 29.6 Å². The minimum absolute atomic E-state index is 0.274. The van der Waals surface area contributed by atoms with Crippen molar-refractivity contribution in [1.29, 1.82) is 0 Å². The zero-order chi connectivity index (χ0) is 19.7. The lowest BCUT2D eigenvalue weighted by Crippen LogP contribution is -2.23. The molecule has 9 heteroatoms. The third-order valence-corrected chi connectivity index (χ3v) is 5.55. The van der Waals surface area contributed by atoms with Gasteiger partial charge in [0.05, 0.1) is 11.4 Å². The molecular weight excluding hydrogens is 396 g/mol. The molecule has 0 aliphatic carbocycles. The molecule has 28 heavy (non-hydrogen) atoms. The summed E-state index contributed by atoms with van der Waals surface area (Å²) >= 11 is 7.55. The Morgan fingerprint density at radius 3 is 2.57 bits per heavy atom. The van der Waals surface area contributed by atoms with Crippen molar-refractivity contribution in [2.45, 2.75) is 17.7 Å². The quantitative estimate of drug-likeness (QED) is 0.470. The summed E-state index contributed by atoms with van der Waals surface area (Å²) in [5, 5.41) is 14.0. The Kier molecular flexibility index (Phi) is 5.06. The molecule has 0 radical (unpaired) electrons. The normalized spacial score (nSPS) is 11.1. The molecule has 0 saturated carbocycles. The van der Waals surface area contributed by atoms with Gasteiger partial charge in [0, 0.05) is 24.0 Å². The van der Waals surface area contributed by atoms with Gasteiger partial charge in [-0.25, -0.2) is 9.48 Å². The van der Waals surface area contributed by atoms with Gasteiger partial charge in [-0.05, 0) is 64.9 Å². The summed E-state index contributed by atoms with van der Waals surface area (Å²) in [6.45, 7) is 2.02. The van der Waals surface area contributed by atoms with Crippen LogP contribution >= 0.6 is 23.4 Å². The molecule has 2 aromatic heterocycles. The molecule has 0 aliphatic rings. The highest BCUT2D eigenvalue weighted by Crippen LogP contribution is 2.27. The highest BCUT2D eigenvalue weighted by molar-refractivity contribution is 7.98. The van der Waals surface area contributed by atoms with Crippen LogP contribution in [0.15, 0.2) is 64.5 Å². The molecule has 4 rings (SSSR count). The topological polar surface area (TPSA) is 70.5 Å². The number of aromatic nitrogens is 6. The van der Waals surface area contributed by atoms with Crippen LogP contribution in [0.4, 0.5) is 0 Å². The molecule has 2 aromatic carbocycles. The van der Waals surface area contributed by atoms with Crippen molar-refractivity contribution >= 4 is 23.4 Å². The molecule has 0 saturated heterocycles. The minimum atomic E-state index is -0.274. The molecule has 4 aromatic rings. The van der Waals surface area contributed by atoms with E-state index in [2.05, 4.69) is 15.5 Å². The lowest BCUT2D eigenvalue weighted by molar-refractivity contribution is 0.692. The van der Waals surface area contributed by atoms with Crippen LogP contribution in [0.3, 0.4) is 0 Å². The van der Waals surface area contributed by atoms with Gasteiger partial charge in [0.2, 0.25) is 0 Å². The Hall–Kier alpha value is -2.84. The van der Waals surface area contributed by atoms with Gasteiger partial charge in [-0.3, -0.25) is 0 Å². The van der Waals surface area contributed by atoms with E-state index in [9.17, 15) is 4.79 Å². The van der Waals surface area contributed by atoms with Crippen molar-refractivity contribution in [2.75, 3.05) is 0 Å². The van der Waals surface area contributed by atoms with Crippen LogP contribution < -0.4 is 5.69 Å². The number of benzene rings is 2. The van der Waals surface area contributed by atoms with E-state index < -0.39 is 0 Å². The summed E-state index contributed by atoms with van der Waals surface area (Å²) < 4.78 is 4.35. The van der Waals surface area contributed by atoms with Gasteiger partial charge in [-0.1, -0.05) is 35.5 Å². The maximum absolute atomic E-state index is 12.3. The van der Waals surface area contributed by atoms with E-state index in [4.69, 9.17) is 11.6 Å². The molecule has 2 heterocycles. The second-order valence-corrected chi connectivity index (χ2v) is 7.67. The summed E-state index contributed by atoms with van der Waals surface area (Å²) in [7, 11) is 1.58. The first kappa shape index (κ1) is 18.5. The van der Waals surface area contributed by atoms with Crippen LogP contribution in [0.1, 0.15) is 11.1 Å². The fourth-order valence-corrected chi connectivity index (χ4v) is 3.90. The number of thioether (sulfide) groups is 1. The monoisotopic (exact) mass is 412 g/mol. The van der Waals surface area contributed by atoms with Gasteiger partial charge < -0.3 is 0 Å². The first-order chi connectivity index (χ1) is 13.5. The van der Waals surface area contributed by atoms with Gasteiger partial charge >= 0.3 is 5.69 Å². The minimum Gasteiger partial charge on any atom is -0.244 e. The van der Waals surface area contributed by atoms with Gasteiger partial charge in [-0.15, -0.1) is 0 Å². The third kappa shape index (κ3) is 3.61. The Balaban J connectivity index is 1.58. The molecule has 7 nitrogen and oxygen atoms in total. The number of nitrogens with zero attached hydrogens (tertiary/aromatic N) is 6. The van der Waals surface area contributed by atoms with E-state index in [1.54, 1.807) is 18.8 Å². The first-order valence-corrected chi connectivity index (χ1v) is 9.91. The van der Waals surface area contributed by atoms with E-state index in [0.717, 1.165) is 27.5 Å². The highest BCUT2D eigenvalue weighted by atomic mass is 35.5. The summed E-state index contributed by atoms with van der Waals surface area (Å²) in [6.07, 6.45) is 1.91. The predicted octanol–water partition coefficient (Wildman–Crippen LogP) is 3.41. The van der Waals surface area contributed by atoms with E-state index in [1.807, 2.05) is 66.3 Å². The van der Waals surface area contributed by atoms with Crippen molar-refractivity contribution < 1.29 is 0 Å².